The van der Waals surface area contributed by atoms with Gasteiger partial charge in [-0.25, -0.2) is 12.8 Å². The van der Waals surface area contributed by atoms with Crippen molar-refractivity contribution < 1.29 is 17.9 Å². The SMILES string of the molecule is CC(O)c1cccc(NS(=O)(=O)c2ccccc2F)c1. The molecule has 0 aliphatic rings. The van der Waals surface area contributed by atoms with Gasteiger partial charge in [-0.15, -0.1) is 0 Å². The lowest BCUT2D eigenvalue weighted by Gasteiger charge is -2.11. The number of anilines is 1. The Morgan fingerprint density at radius 3 is 2.50 bits per heavy atom. The fourth-order valence-electron chi connectivity index (χ4n) is 1.73. The van der Waals surface area contributed by atoms with E-state index in [-0.39, 0.29) is 5.69 Å². The molecule has 0 saturated heterocycles. The van der Waals surface area contributed by atoms with Crippen LogP contribution in [0.4, 0.5) is 10.1 Å². The van der Waals surface area contributed by atoms with Crippen LogP contribution in [-0.4, -0.2) is 13.5 Å². The maximum atomic E-state index is 13.5. The van der Waals surface area contributed by atoms with Crippen LogP contribution < -0.4 is 4.72 Å². The monoisotopic (exact) mass is 295 g/mol. The quantitative estimate of drug-likeness (QED) is 0.911. The first kappa shape index (κ1) is 14.5. The van der Waals surface area contributed by atoms with E-state index in [1.54, 1.807) is 19.1 Å². The Morgan fingerprint density at radius 2 is 1.85 bits per heavy atom. The fraction of sp³-hybridized carbons (Fsp3) is 0.143. The molecule has 1 atom stereocenters. The molecule has 106 valence electrons. The van der Waals surface area contributed by atoms with Crippen LogP contribution in [0.25, 0.3) is 0 Å². The van der Waals surface area contributed by atoms with Crippen molar-refractivity contribution in [1.29, 1.82) is 0 Å². The number of aliphatic hydroxyl groups excluding tert-OH is 1. The molecule has 0 aromatic heterocycles. The normalized spacial score (nSPS) is 12.9. The zero-order valence-electron chi connectivity index (χ0n) is 10.7. The van der Waals surface area contributed by atoms with Gasteiger partial charge in [0.05, 0.1) is 6.10 Å². The topological polar surface area (TPSA) is 66.4 Å². The standard InChI is InChI=1S/C14H14FNO3S/c1-10(17)11-5-4-6-12(9-11)16-20(18,19)14-8-3-2-7-13(14)15/h2-10,16-17H,1H3. The lowest BCUT2D eigenvalue weighted by Crippen LogP contribution is -2.14. The molecule has 20 heavy (non-hydrogen) atoms. The van der Waals surface area contributed by atoms with E-state index >= 15 is 0 Å². The zero-order chi connectivity index (χ0) is 14.8. The predicted octanol–water partition coefficient (Wildman–Crippen LogP) is 2.68. The number of sulfonamides is 1. The van der Waals surface area contributed by atoms with Crippen LogP contribution in [0.2, 0.25) is 0 Å². The molecule has 4 nitrogen and oxygen atoms in total. The van der Waals surface area contributed by atoms with Crippen molar-refractivity contribution in [3.8, 4) is 0 Å². The highest BCUT2D eigenvalue weighted by atomic mass is 32.2. The molecule has 0 bridgehead atoms. The summed E-state index contributed by atoms with van der Waals surface area (Å²) in [5.74, 6) is -0.813. The lowest BCUT2D eigenvalue weighted by molar-refractivity contribution is 0.199. The highest BCUT2D eigenvalue weighted by Gasteiger charge is 2.18. The largest absolute Gasteiger partial charge is 0.389 e. The van der Waals surface area contributed by atoms with Crippen molar-refractivity contribution in [1.82, 2.24) is 0 Å². The minimum absolute atomic E-state index is 0.270. The van der Waals surface area contributed by atoms with Gasteiger partial charge in [0.25, 0.3) is 10.0 Å². The third kappa shape index (κ3) is 3.15. The van der Waals surface area contributed by atoms with Crippen LogP contribution in [-0.2, 0) is 10.0 Å². The third-order valence-electron chi connectivity index (χ3n) is 2.75. The molecule has 0 heterocycles. The van der Waals surface area contributed by atoms with Gasteiger partial charge in [-0.2, -0.15) is 0 Å². The van der Waals surface area contributed by atoms with Crippen LogP contribution in [0.3, 0.4) is 0 Å². The van der Waals surface area contributed by atoms with Crippen LogP contribution in [0.5, 0.6) is 0 Å². The molecule has 2 aromatic carbocycles. The molecule has 2 N–H and O–H groups in total. The summed E-state index contributed by atoms with van der Waals surface area (Å²) in [4.78, 5) is -0.414. The van der Waals surface area contributed by atoms with Crippen molar-refractivity contribution in [3.63, 3.8) is 0 Å². The Labute approximate surface area is 116 Å². The minimum Gasteiger partial charge on any atom is -0.389 e. The number of halogens is 1. The molecular formula is C14H14FNO3S. The first-order valence-electron chi connectivity index (χ1n) is 5.95. The first-order chi connectivity index (χ1) is 9.40. The van der Waals surface area contributed by atoms with Gasteiger partial charge in [-0.1, -0.05) is 24.3 Å². The Kier molecular flexibility index (Phi) is 4.06. The summed E-state index contributed by atoms with van der Waals surface area (Å²) in [6, 6.07) is 11.5. The Hall–Kier alpha value is -1.92. The number of hydrogen-bond donors (Lipinski definition) is 2. The number of nitrogens with one attached hydrogen (secondary N) is 1. The van der Waals surface area contributed by atoms with E-state index in [9.17, 15) is 17.9 Å². The van der Waals surface area contributed by atoms with Gasteiger partial charge in [0.15, 0.2) is 0 Å². The Morgan fingerprint density at radius 1 is 1.15 bits per heavy atom. The van der Waals surface area contributed by atoms with Gasteiger partial charge in [0.2, 0.25) is 0 Å². The van der Waals surface area contributed by atoms with Crippen LogP contribution in [0.15, 0.2) is 53.4 Å². The molecule has 0 radical (unpaired) electrons. The Bertz CT molecular complexity index is 714. The maximum absolute atomic E-state index is 13.5. The number of hydrogen-bond acceptors (Lipinski definition) is 3. The minimum atomic E-state index is -3.99. The zero-order valence-corrected chi connectivity index (χ0v) is 11.6. The van der Waals surface area contributed by atoms with Gasteiger partial charge < -0.3 is 5.11 Å². The molecule has 0 amide bonds. The highest BCUT2D eigenvalue weighted by molar-refractivity contribution is 7.92. The second kappa shape index (κ2) is 5.60. The molecule has 0 saturated carbocycles. The van der Waals surface area contributed by atoms with Crippen molar-refractivity contribution in [2.24, 2.45) is 0 Å². The molecule has 1 unspecified atom stereocenters. The highest BCUT2D eigenvalue weighted by Crippen LogP contribution is 2.21. The van der Waals surface area contributed by atoms with E-state index in [0.717, 1.165) is 6.07 Å². The van der Waals surface area contributed by atoms with Crippen LogP contribution >= 0.6 is 0 Å². The van der Waals surface area contributed by atoms with Gasteiger partial charge in [-0.3, -0.25) is 4.72 Å². The molecular weight excluding hydrogens is 281 g/mol. The summed E-state index contributed by atoms with van der Waals surface area (Å²) in [6.07, 6.45) is -0.715. The summed E-state index contributed by atoms with van der Waals surface area (Å²) >= 11 is 0. The van der Waals surface area contributed by atoms with E-state index in [4.69, 9.17) is 0 Å². The molecule has 2 rings (SSSR count). The summed E-state index contributed by atoms with van der Waals surface area (Å²) in [5.41, 5.74) is 0.838. The molecule has 0 aliphatic heterocycles. The van der Waals surface area contributed by atoms with Crippen molar-refractivity contribution in [3.05, 3.63) is 59.9 Å². The van der Waals surface area contributed by atoms with E-state index in [1.165, 1.54) is 30.3 Å². The van der Waals surface area contributed by atoms with E-state index in [0.29, 0.717) is 5.56 Å². The fourth-order valence-corrected chi connectivity index (χ4v) is 2.86. The molecule has 2 aromatic rings. The molecule has 0 fully saturated rings. The van der Waals surface area contributed by atoms with Gasteiger partial charge >= 0.3 is 0 Å². The molecule has 6 heteroatoms. The third-order valence-corrected chi connectivity index (χ3v) is 4.16. The number of benzene rings is 2. The van der Waals surface area contributed by atoms with E-state index in [2.05, 4.69) is 4.72 Å². The number of rotatable bonds is 4. The van der Waals surface area contributed by atoms with Crippen LogP contribution in [0, 0.1) is 5.82 Å². The lowest BCUT2D eigenvalue weighted by atomic mass is 10.1. The molecule has 0 spiro atoms. The van der Waals surface area contributed by atoms with E-state index < -0.39 is 26.8 Å². The first-order valence-corrected chi connectivity index (χ1v) is 7.44. The van der Waals surface area contributed by atoms with Crippen molar-refractivity contribution in [2.75, 3.05) is 4.72 Å². The van der Waals surface area contributed by atoms with Gasteiger partial charge in [-0.05, 0) is 36.8 Å². The smallest absolute Gasteiger partial charge is 0.264 e. The second-order valence-corrected chi connectivity index (χ2v) is 5.99. The van der Waals surface area contributed by atoms with Crippen molar-refractivity contribution in [2.45, 2.75) is 17.9 Å². The molecule has 0 aliphatic carbocycles. The average molecular weight is 295 g/mol. The maximum Gasteiger partial charge on any atom is 0.264 e. The Balaban J connectivity index is 2.34. The predicted molar refractivity (Wildman–Crippen MR) is 74.3 cm³/mol. The van der Waals surface area contributed by atoms with Gasteiger partial charge in [0, 0.05) is 5.69 Å². The number of aliphatic hydroxyl groups is 1. The van der Waals surface area contributed by atoms with E-state index in [1.807, 2.05) is 0 Å². The summed E-state index contributed by atoms with van der Waals surface area (Å²) in [6.45, 7) is 1.57. The van der Waals surface area contributed by atoms with Crippen LogP contribution in [0.1, 0.15) is 18.6 Å². The second-order valence-electron chi connectivity index (χ2n) is 4.34. The summed E-state index contributed by atoms with van der Waals surface area (Å²) in [5, 5.41) is 9.47. The average Bonchev–Trinajstić information content (AvgIpc) is 2.38. The van der Waals surface area contributed by atoms with Gasteiger partial charge in [0.1, 0.15) is 10.7 Å². The van der Waals surface area contributed by atoms with Crippen molar-refractivity contribution >= 4 is 15.7 Å². The summed E-state index contributed by atoms with van der Waals surface area (Å²) < 4.78 is 40.0. The summed E-state index contributed by atoms with van der Waals surface area (Å²) in [7, 11) is -3.99.